The van der Waals surface area contributed by atoms with Gasteiger partial charge in [0.2, 0.25) is 0 Å². The minimum atomic E-state index is -4.37. The fourth-order valence-electron chi connectivity index (χ4n) is 2.08. The van der Waals surface area contributed by atoms with E-state index in [1.54, 1.807) is 6.07 Å². The molecular weight excluding hydrogens is 257 g/mol. The van der Waals surface area contributed by atoms with Crippen molar-refractivity contribution in [3.05, 3.63) is 35.6 Å². The van der Waals surface area contributed by atoms with Crippen LogP contribution in [0.5, 0.6) is 0 Å². The molecule has 6 heteroatoms. The molecule has 3 rings (SSSR count). The van der Waals surface area contributed by atoms with Gasteiger partial charge in [0.15, 0.2) is 5.82 Å². The minimum Gasteiger partial charge on any atom is -0.380 e. The third-order valence-corrected chi connectivity index (χ3v) is 3.17. The Hall–Kier alpha value is -1.98. The van der Waals surface area contributed by atoms with Gasteiger partial charge in [0.05, 0.1) is 11.1 Å². The zero-order chi connectivity index (χ0) is 13.6. The van der Waals surface area contributed by atoms with Gasteiger partial charge in [0.1, 0.15) is 5.76 Å². The Balaban J connectivity index is 2.09. The van der Waals surface area contributed by atoms with E-state index >= 15 is 0 Å². The number of nitrogens with two attached hydrogens (primary N) is 1. The van der Waals surface area contributed by atoms with Crippen LogP contribution in [0, 0.1) is 0 Å². The van der Waals surface area contributed by atoms with Gasteiger partial charge in [0.25, 0.3) is 0 Å². The van der Waals surface area contributed by atoms with Crippen molar-refractivity contribution in [2.24, 2.45) is 0 Å². The molecular formula is C13H11F3N2O. The lowest BCUT2D eigenvalue weighted by molar-refractivity contribution is -0.137. The van der Waals surface area contributed by atoms with Crippen LogP contribution in [0.4, 0.5) is 19.0 Å². The third-order valence-electron chi connectivity index (χ3n) is 3.17. The summed E-state index contributed by atoms with van der Waals surface area (Å²) in [5, 5.41) is 3.67. The maximum Gasteiger partial charge on any atom is 0.416 e. The van der Waals surface area contributed by atoms with Crippen molar-refractivity contribution in [1.82, 2.24) is 5.16 Å². The molecule has 19 heavy (non-hydrogen) atoms. The van der Waals surface area contributed by atoms with Gasteiger partial charge >= 0.3 is 6.18 Å². The number of nitrogen functional groups attached to an aromatic ring is 1. The number of hydrogen-bond acceptors (Lipinski definition) is 3. The fourth-order valence-corrected chi connectivity index (χ4v) is 2.08. The molecule has 0 bridgehead atoms. The molecule has 0 unspecified atom stereocenters. The maximum absolute atomic E-state index is 12.7. The highest BCUT2D eigenvalue weighted by Crippen LogP contribution is 2.46. The lowest BCUT2D eigenvalue weighted by Gasteiger charge is -2.08. The van der Waals surface area contributed by atoms with Crippen LogP contribution in [-0.2, 0) is 6.18 Å². The lowest BCUT2D eigenvalue weighted by atomic mass is 10.0. The first-order valence-corrected chi connectivity index (χ1v) is 5.89. The van der Waals surface area contributed by atoms with Crippen molar-refractivity contribution >= 4 is 5.82 Å². The average molecular weight is 268 g/mol. The second-order valence-electron chi connectivity index (χ2n) is 4.66. The maximum atomic E-state index is 12.7. The molecule has 1 aliphatic rings. The molecule has 100 valence electrons. The molecule has 0 aliphatic heterocycles. The summed E-state index contributed by atoms with van der Waals surface area (Å²) in [6.45, 7) is 0. The number of benzene rings is 1. The van der Waals surface area contributed by atoms with Crippen molar-refractivity contribution in [2.45, 2.75) is 24.9 Å². The number of aromatic nitrogens is 1. The highest BCUT2D eigenvalue weighted by atomic mass is 19.4. The summed E-state index contributed by atoms with van der Waals surface area (Å²) in [5.41, 5.74) is 5.90. The molecule has 1 fully saturated rings. The second kappa shape index (κ2) is 4.01. The molecule has 1 aliphatic carbocycles. The molecule has 0 spiro atoms. The number of rotatable bonds is 2. The monoisotopic (exact) mass is 268 g/mol. The minimum absolute atomic E-state index is 0.140. The first-order chi connectivity index (χ1) is 8.97. The molecule has 2 aromatic rings. The molecule has 2 N–H and O–H groups in total. The van der Waals surface area contributed by atoms with E-state index in [9.17, 15) is 13.2 Å². The molecule has 0 saturated heterocycles. The van der Waals surface area contributed by atoms with E-state index in [-0.39, 0.29) is 11.7 Å². The molecule has 1 heterocycles. The normalized spacial score (nSPS) is 15.7. The van der Waals surface area contributed by atoms with Gasteiger partial charge in [-0.2, -0.15) is 13.2 Å². The Morgan fingerprint density at radius 3 is 2.63 bits per heavy atom. The van der Waals surface area contributed by atoms with Crippen LogP contribution in [0.2, 0.25) is 0 Å². The second-order valence-corrected chi connectivity index (χ2v) is 4.66. The van der Waals surface area contributed by atoms with Gasteiger partial charge in [-0.05, 0) is 30.5 Å². The number of anilines is 1. The third kappa shape index (κ3) is 2.18. The summed E-state index contributed by atoms with van der Waals surface area (Å²) >= 11 is 0. The van der Waals surface area contributed by atoms with Crippen molar-refractivity contribution in [3.8, 4) is 11.1 Å². The largest absolute Gasteiger partial charge is 0.416 e. The van der Waals surface area contributed by atoms with Crippen molar-refractivity contribution < 1.29 is 17.7 Å². The van der Waals surface area contributed by atoms with Crippen LogP contribution in [0.3, 0.4) is 0 Å². The van der Waals surface area contributed by atoms with Crippen LogP contribution in [-0.4, -0.2) is 5.16 Å². The van der Waals surface area contributed by atoms with Crippen LogP contribution in [0.15, 0.2) is 28.8 Å². The van der Waals surface area contributed by atoms with Crippen LogP contribution < -0.4 is 5.73 Å². The Bertz CT molecular complexity index is 615. The van der Waals surface area contributed by atoms with Crippen molar-refractivity contribution in [1.29, 1.82) is 0 Å². The van der Waals surface area contributed by atoms with E-state index in [0.717, 1.165) is 25.0 Å². The van der Waals surface area contributed by atoms with Gasteiger partial charge < -0.3 is 10.3 Å². The molecule has 1 saturated carbocycles. The average Bonchev–Trinajstić information content (AvgIpc) is 3.12. The Kier molecular flexibility index (Phi) is 2.55. The molecule has 0 radical (unpaired) electrons. The zero-order valence-corrected chi connectivity index (χ0v) is 9.87. The van der Waals surface area contributed by atoms with Crippen molar-refractivity contribution in [2.75, 3.05) is 5.73 Å². The number of alkyl halides is 3. The van der Waals surface area contributed by atoms with E-state index in [2.05, 4.69) is 5.16 Å². The van der Waals surface area contributed by atoms with E-state index in [4.69, 9.17) is 10.3 Å². The molecule has 1 aromatic heterocycles. The highest BCUT2D eigenvalue weighted by Gasteiger charge is 2.34. The first-order valence-electron chi connectivity index (χ1n) is 5.89. The molecule has 3 nitrogen and oxygen atoms in total. The van der Waals surface area contributed by atoms with Crippen LogP contribution >= 0.6 is 0 Å². The Morgan fingerprint density at radius 1 is 1.26 bits per heavy atom. The first kappa shape index (κ1) is 12.1. The number of nitrogens with zero attached hydrogens (tertiary/aromatic N) is 1. The standard InChI is InChI=1S/C13H11F3N2O/c14-13(15,16)9-3-1-2-8(6-9)10-11(7-4-5-7)19-18-12(10)17/h1-3,6-7H,4-5H2,(H2,17,18). The van der Waals surface area contributed by atoms with Gasteiger partial charge in [-0.15, -0.1) is 0 Å². The van der Waals surface area contributed by atoms with Crippen molar-refractivity contribution in [3.63, 3.8) is 0 Å². The van der Waals surface area contributed by atoms with Gasteiger partial charge in [-0.25, -0.2) is 0 Å². The van der Waals surface area contributed by atoms with Gasteiger partial charge in [-0.3, -0.25) is 0 Å². The number of halogens is 3. The SMILES string of the molecule is Nc1noc(C2CC2)c1-c1cccc(C(F)(F)F)c1. The topological polar surface area (TPSA) is 52.0 Å². The molecule has 0 atom stereocenters. The predicted octanol–water partition coefficient (Wildman–Crippen LogP) is 3.82. The highest BCUT2D eigenvalue weighted by molar-refractivity contribution is 5.76. The summed E-state index contributed by atoms with van der Waals surface area (Å²) in [7, 11) is 0. The Morgan fingerprint density at radius 2 is 2.00 bits per heavy atom. The van der Waals surface area contributed by atoms with E-state index in [1.807, 2.05) is 0 Å². The summed E-state index contributed by atoms with van der Waals surface area (Å²) in [6.07, 6.45) is -2.46. The molecule has 1 aromatic carbocycles. The lowest BCUT2D eigenvalue weighted by Crippen LogP contribution is -2.04. The van der Waals surface area contributed by atoms with E-state index in [0.29, 0.717) is 16.9 Å². The quantitative estimate of drug-likeness (QED) is 0.900. The summed E-state index contributed by atoms with van der Waals surface area (Å²) in [4.78, 5) is 0. The summed E-state index contributed by atoms with van der Waals surface area (Å²) < 4.78 is 43.3. The van der Waals surface area contributed by atoms with E-state index in [1.165, 1.54) is 6.07 Å². The molecule has 0 amide bonds. The smallest absolute Gasteiger partial charge is 0.380 e. The number of hydrogen-bond donors (Lipinski definition) is 1. The fraction of sp³-hybridized carbons (Fsp3) is 0.308. The Labute approximate surface area is 107 Å². The predicted molar refractivity (Wildman–Crippen MR) is 63.3 cm³/mol. The van der Waals surface area contributed by atoms with Gasteiger partial charge in [0, 0.05) is 5.92 Å². The van der Waals surface area contributed by atoms with E-state index < -0.39 is 11.7 Å². The summed E-state index contributed by atoms with van der Waals surface area (Å²) in [6, 6.07) is 5.06. The van der Waals surface area contributed by atoms with Gasteiger partial charge in [-0.1, -0.05) is 17.3 Å². The zero-order valence-electron chi connectivity index (χ0n) is 9.87. The summed E-state index contributed by atoms with van der Waals surface area (Å²) in [5.74, 6) is 0.965. The van der Waals surface area contributed by atoms with Crippen LogP contribution in [0.25, 0.3) is 11.1 Å². The van der Waals surface area contributed by atoms with Crippen LogP contribution in [0.1, 0.15) is 30.1 Å².